The van der Waals surface area contributed by atoms with Crippen LogP contribution in [0.4, 0.5) is 5.69 Å². The molecule has 3 aromatic heterocycles. The second-order valence-corrected chi connectivity index (χ2v) is 15.9. The molecule has 1 unspecified atom stereocenters. The van der Waals surface area contributed by atoms with Crippen molar-refractivity contribution in [2.24, 2.45) is 5.92 Å². The second-order valence-electron chi connectivity index (χ2n) is 15.9. The summed E-state index contributed by atoms with van der Waals surface area (Å²) in [6.45, 7) is 0.600. The topological polar surface area (TPSA) is 191 Å². The molecule has 0 spiro atoms. The Hall–Kier alpha value is -6.16. The zero-order chi connectivity index (χ0) is 38.8. The molecule has 4 fully saturated rings. The van der Waals surface area contributed by atoms with E-state index in [0.29, 0.717) is 53.0 Å². The van der Waals surface area contributed by atoms with E-state index in [-0.39, 0.29) is 42.0 Å². The third-order valence-electron chi connectivity index (χ3n) is 11.9. The maximum atomic E-state index is 13.4. The minimum absolute atomic E-state index is 0.0177. The van der Waals surface area contributed by atoms with Gasteiger partial charge in [-0.1, -0.05) is 0 Å². The summed E-state index contributed by atoms with van der Waals surface area (Å²) in [7, 11) is 0. The summed E-state index contributed by atoms with van der Waals surface area (Å²) in [6.07, 6.45) is 15.1. The summed E-state index contributed by atoms with van der Waals surface area (Å²) < 4.78 is 16.1. The summed E-state index contributed by atoms with van der Waals surface area (Å²) in [5, 5.41) is 19.2. The van der Waals surface area contributed by atoms with E-state index in [1.165, 1.54) is 6.20 Å². The van der Waals surface area contributed by atoms with Crippen molar-refractivity contribution in [3.8, 4) is 11.5 Å². The average molecular weight is 772 g/mol. The maximum Gasteiger partial charge on any atom is 0.262 e. The van der Waals surface area contributed by atoms with Crippen LogP contribution in [0.1, 0.15) is 101 Å². The number of amides is 5. The standard InChI is InChI=1S/C41H41N9O7/c51-36-11-10-34(39(53)46-36)50-40(54)29-9-8-27(17-30(29)41(50)55)57-28-15-25(16-28)44-24-4-6-26(7-5-24)49-20-23-14-33(35(18-32(23)47-49)56-21-22-2-3-22)45-38(52)31-19-43-48-13-1-12-42-37(31)48/h1,8-9,12-14,17-20,22,24-26,28,34,44H,2-7,10-11,15-16,21H2,(H,45,52)(H,46,51,53). The molecule has 5 aromatic rings. The van der Waals surface area contributed by atoms with Crippen LogP contribution in [0.2, 0.25) is 0 Å². The van der Waals surface area contributed by atoms with Gasteiger partial charge in [0.2, 0.25) is 11.8 Å². The van der Waals surface area contributed by atoms with Gasteiger partial charge in [0.25, 0.3) is 17.7 Å². The van der Waals surface area contributed by atoms with Crippen LogP contribution in [0.15, 0.2) is 61.2 Å². The molecule has 0 bridgehead atoms. The zero-order valence-corrected chi connectivity index (χ0v) is 31.1. The number of rotatable bonds is 11. The SMILES string of the molecule is O=C1CCC(N2C(=O)c3ccc(OC4CC(NC5CCC(n6cc7cc(NC(=O)c8cnn9cccnc89)c(OCC8CC8)cc7n6)CC5)C4)cc3C2=O)C(=O)N1. The van der Waals surface area contributed by atoms with Crippen molar-refractivity contribution in [3.63, 3.8) is 0 Å². The molecule has 10 rings (SSSR count). The molecule has 1 atom stereocenters. The Morgan fingerprint density at radius 2 is 1.75 bits per heavy atom. The minimum atomic E-state index is -1.00. The Morgan fingerprint density at radius 3 is 2.56 bits per heavy atom. The highest BCUT2D eigenvalue weighted by Gasteiger charge is 2.45. The van der Waals surface area contributed by atoms with Gasteiger partial charge < -0.3 is 20.1 Å². The monoisotopic (exact) mass is 771 g/mol. The van der Waals surface area contributed by atoms with Crippen LogP contribution in [0.25, 0.3) is 16.6 Å². The molecule has 57 heavy (non-hydrogen) atoms. The number of nitrogens with one attached hydrogen (secondary N) is 3. The Morgan fingerprint density at radius 1 is 0.930 bits per heavy atom. The number of benzene rings is 2. The molecule has 0 radical (unpaired) electrons. The Labute approximate surface area is 326 Å². The predicted molar refractivity (Wildman–Crippen MR) is 204 cm³/mol. The van der Waals surface area contributed by atoms with Gasteiger partial charge in [0.05, 0.1) is 41.2 Å². The molecule has 16 heteroatoms. The van der Waals surface area contributed by atoms with E-state index in [1.54, 1.807) is 41.2 Å². The molecule has 5 amide bonds. The molecule has 3 aliphatic carbocycles. The van der Waals surface area contributed by atoms with Crippen LogP contribution < -0.4 is 25.4 Å². The van der Waals surface area contributed by atoms with Crippen LogP contribution in [-0.4, -0.2) is 89.7 Å². The summed E-state index contributed by atoms with van der Waals surface area (Å²) in [5.41, 5.74) is 2.73. The average Bonchev–Trinajstić information content (AvgIpc) is 3.69. The van der Waals surface area contributed by atoms with E-state index in [0.717, 1.165) is 67.2 Å². The number of piperidine rings is 1. The van der Waals surface area contributed by atoms with E-state index in [2.05, 4.69) is 36.9 Å². The first-order valence-corrected chi connectivity index (χ1v) is 19.8. The Balaban J connectivity index is 0.734. The first-order valence-electron chi connectivity index (χ1n) is 19.8. The molecular formula is C41H41N9O7. The first kappa shape index (κ1) is 35.3. The van der Waals surface area contributed by atoms with Gasteiger partial charge in [-0.05, 0) is 94.0 Å². The van der Waals surface area contributed by atoms with Gasteiger partial charge in [0.15, 0.2) is 5.65 Å². The maximum absolute atomic E-state index is 13.4. The molecule has 1 saturated heterocycles. The van der Waals surface area contributed by atoms with Crippen LogP contribution in [0, 0.1) is 5.92 Å². The summed E-state index contributed by atoms with van der Waals surface area (Å²) in [5.74, 6) is -0.767. The number of nitrogens with zero attached hydrogens (tertiary/aromatic N) is 6. The van der Waals surface area contributed by atoms with Gasteiger partial charge in [-0.25, -0.2) is 9.50 Å². The summed E-state index contributed by atoms with van der Waals surface area (Å²) in [6, 6.07) is 10.5. The smallest absolute Gasteiger partial charge is 0.262 e. The number of aromatic nitrogens is 5. The fourth-order valence-corrected chi connectivity index (χ4v) is 8.50. The van der Waals surface area contributed by atoms with Crippen molar-refractivity contribution in [1.82, 2.24) is 39.9 Å². The van der Waals surface area contributed by atoms with Crippen molar-refractivity contribution in [2.75, 3.05) is 11.9 Å². The van der Waals surface area contributed by atoms with Crippen LogP contribution in [0.5, 0.6) is 11.5 Å². The molecule has 5 heterocycles. The summed E-state index contributed by atoms with van der Waals surface area (Å²) >= 11 is 0. The van der Waals surface area contributed by atoms with Gasteiger partial charge in [-0.3, -0.25) is 38.9 Å². The van der Waals surface area contributed by atoms with Gasteiger partial charge in [-0.2, -0.15) is 10.2 Å². The molecule has 16 nitrogen and oxygen atoms in total. The van der Waals surface area contributed by atoms with E-state index in [1.807, 2.05) is 12.1 Å². The number of hydrogen-bond acceptors (Lipinski definition) is 11. The van der Waals surface area contributed by atoms with Gasteiger partial charge in [0, 0.05) is 48.5 Å². The van der Waals surface area contributed by atoms with Crippen molar-refractivity contribution in [1.29, 1.82) is 0 Å². The lowest BCUT2D eigenvalue weighted by Gasteiger charge is -2.40. The lowest BCUT2D eigenvalue weighted by molar-refractivity contribution is -0.136. The lowest BCUT2D eigenvalue weighted by atomic mass is 9.85. The number of carbonyl (C=O) groups is 5. The summed E-state index contributed by atoms with van der Waals surface area (Å²) in [4.78, 5) is 68.9. The molecular weight excluding hydrogens is 731 g/mol. The third-order valence-corrected chi connectivity index (χ3v) is 11.9. The Kier molecular flexibility index (Phi) is 8.72. The van der Waals surface area contributed by atoms with Crippen LogP contribution in [0.3, 0.4) is 0 Å². The fourth-order valence-electron chi connectivity index (χ4n) is 8.50. The van der Waals surface area contributed by atoms with E-state index >= 15 is 0 Å². The van der Waals surface area contributed by atoms with Gasteiger partial charge in [0.1, 0.15) is 29.2 Å². The van der Waals surface area contributed by atoms with Crippen LogP contribution >= 0.6 is 0 Å². The zero-order valence-electron chi connectivity index (χ0n) is 31.1. The predicted octanol–water partition coefficient (Wildman–Crippen LogP) is 4.20. The van der Waals surface area contributed by atoms with E-state index in [4.69, 9.17) is 14.6 Å². The first-order chi connectivity index (χ1) is 27.7. The van der Waals surface area contributed by atoms with Crippen molar-refractivity contribution in [2.45, 2.75) is 94.5 Å². The number of imide groups is 2. The molecule has 2 aromatic carbocycles. The number of ether oxygens (including phenoxy) is 2. The lowest BCUT2D eigenvalue weighted by Crippen LogP contribution is -2.54. The number of fused-ring (bicyclic) bond motifs is 3. The van der Waals surface area contributed by atoms with Crippen molar-refractivity contribution < 1.29 is 33.4 Å². The normalized spacial score (nSPS) is 24.7. The largest absolute Gasteiger partial charge is 0.491 e. The molecule has 5 aliphatic rings. The highest BCUT2D eigenvalue weighted by molar-refractivity contribution is 6.23. The minimum Gasteiger partial charge on any atom is -0.491 e. The van der Waals surface area contributed by atoms with Gasteiger partial charge >= 0.3 is 0 Å². The van der Waals surface area contributed by atoms with Crippen molar-refractivity contribution in [3.05, 3.63) is 77.9 Å². The number of hydrogen-bond donors (Lipinski definition) is 3. The highest BCUT2D eigenvalue weighted by Crippen LogP contribution is 2.37. The Bertz CT molecular complexity index is 2460. The van der Waals surface area contributed by atoms with Crippen molar-refractivity contribution >= 4 is 51.8 Å². The second kappa shape index (κ2) is 14.1. The van der Waals surface area contributed by atoms with E-state index in [9.17, 15) is 24.0 Å². The van der Waals surface area contributed by atoms with Gasteiger partial charge in [-0.15, -0.1) is 0 Å². The molecule has 2 aliphatic heterocycles. The van der Waals surface area contributed by atoms with E-state index < -0.39 is 29.7 Å². The fraction of sp³-hybridized carbons (Fsp3) is 0.415. The quantitative estimate of drug-likeness (QED) is 0.163. The highest BCUT2D eigenvalue weighted by atomic mass is 16.5. The number of carbonyl (C=O) groups excluding carboxylic acids is 5. The molecule has 3 N–H and O–H groups in total. The molecule has 292 valence electrons. The van der Waals surface area contributed by atoms with Crippen LogP contribution in [-0.2, 0) is 9.59 Å². The third kappa shape index (κ3) is 6.77. The number of anilines is 1. The molecule has 3 saturated carbocycles.